The number of benzene rings is 2. The van der Waals surface area contributed by atoms with Crippen molar-refractivity contribution >= 4 is 11.9 Å². The molecule has 0 unspecified atom stereocenters. The number of amides is 1. The van der Waals surface area contributed by atoms with E-state index in [9.17, 15) is 9.18 Å². The van der Waals surface area contributed by atoms with Crippen molar-refractivity contribution in [2.75, 3.05) is 40.9 Å². The molecule has 0 saturated carbocycles. The number of rotatable bonds is 7. The van der Waals surface area contributed by atoms with E-state index in [1.165, 1.54) is 23.3 Å². The first-order chi connectivity index (χ1) is 15.0. The Morgan fingerprint density at radius 1 is 1.10 bits per heavy atom. The highest BCUT2D eigenvalue weighted by molar-refractivity contribution is 5.81. The maximum absolute atomic E-state index is 13.2. The lowest BCUT2D eigenvalue weighted by Crippen LogP contribution is -2.46. The maximum Gasteiger partial charge on any atom is 0.224 e. The molecular weight excluding hydrogens is 399 g/mol. The third-order valence-corrected chi connectivity index (χ3v) is 5.21. The Bertz CT molecular complexity index is 948. The summed E-state index contributed by atoms with van der Waals surface area (Å²) >= 11 is 0. The number of ether oxygens (including phenoxy) is 2. The number of hydrogen-bond donors (Lipinski definition) is 2. The summed E-state index contributed by atoms with van der Waals surface area (Å²) in [7, 11) is 5.02. The summed E-state index contributed by atoms with van der Waals surface area (Å²) in [5.41, 5.74) is 3.07. The van der Waals surface area contributed by atoms with Gasteiger partial charge in [-0.25, -0.2) is 4.39 Å². The Morgan fingerprint density at radius 2 is 1.81 bits per heavy atom. The van der Waals surface area contributed by atoms with Crippen LogP contribution in [0.3, 0.4) is 0 Å². The number of methoxy groups -OCH3 is 2. The molecule has 1 amide bonds. The van der Waals surface area contributed by atoms with Gasteiger partial charge in [0.25, 0.3) is 0 Å². The van der Waals surface area contributed by atoms with Gasteiger partial charge < -0.3 is 25.0 Å². The lowest BCUT2D eigenvalue weighted by molar-refractivity contribution is -0.120. The topological polar surface area (TPSA) is 75.2 Å². The van der Waals surface area contributed by atoms with Crippen LogP contribution >= 0.6 is 0 Å². The largest absolute Gasteiger partial charge is 0.493 e. The standard InChI is InChI=1S/C23H29FN4O3/c1-25-23(27-9-8-26-22(29)12-16-5-4-6-19(24)11-16)28-10-7-17-13-20(30-2)21(31-3)14-18(17)15-28/h4-6,11,13-14H,7-10,12,15H2,1-3H3,(H,25,27)(H,26,29). The van der Waals surface area contributed by atoms with Gasteiger partial charge in [-0.15, -0.1) is 0 Å². The van der Waals surface area contributed by atoms with Gasteiger partial charge >= 0.3 is 0 Å². The van der Waals surface area contributed by atoms with E-state index in [0.717, 1.165) is 24.7 Å². The Labute approximate surface area is 182 Å². The average Bonchev–Trinajstić information content (AvgIpc) is 2.77. The molecule has 1 aliphatic heterocycles. The first-order valence-electron chi connectivity index (χ1n) is 10.2. The summed E-state index contributed by atoms with van der Waals surface area (Å²) in [5, 5.41) is 6.14. The van der Waals surface area contributed by atoms with Gasteiger partial charge in [0.1, 0.15) is 5.82 Å². The van der Waals surface area contributed by atoms with Crippen LogP contribution < -0.4 is 20.1 Å². The zero-order chi connectivity index (χ0) is 22.2. The molecule has 0 saturated heterocycles. The van der Waals surface area contributed by atoms with Crippen molar-refractivity contribution in [3.05, 3.63) is 58.9 Å². The van der Waals surface area contributed by atoms with Crippen molar-refractivity contribution < 1.29 is 18.7 Å². The zero-order valence-corrected chi connectivity index (χ0v) is 18.2. The highest BCUT2D eigenvalue weighted by Gasteiger charge is 2.21. The molecule has 1 aliphatic rings. The molecule has 0 bridgehead atoms. The number of nitrogens with zero attached hydrogens (tertiary/aromatic N) is 2. The normalized spacial score (nSPS) is 13.4. The number of carbonyl (C=O) groups excluding carboxylic acids is 1. The Balaban J connectivity index is 1.49. The van der Waals surface area contributed by atoms with E-state index >= 15 is 0 Å². The number of aliphatic imine (C=N–C) groups is 1. The molecule has 3 rings (SSSR count). The fraction of sp³-hybridized carbons (Fsp3) is 0.391. The number of fused-ring (bicyclic) bond motifs is 1. The summed E-state index contributed by atoms with van der Waals surface area (Å²) < 4.78 is 24.1. The predicted molar refractivity (Wildman–Crippen MR) is 118 cm³/mol. The average molecular weight is 429 g/mol. The Morgan fingerprint density at radius 3 is 2.48 bits per heavy atom. The van der Waals surface area contributed by atoms with Crippen LogP contribution in [-0.2, 0) is 24.2 Å². The van der Waals surface area contributed by atoms with Crippen LogP contribution in [0.4, 0.5) is 4.39 Å². The van der Waals surface area contributed by atoms with Crippen LogP contribution in [0.25, 0.3) is 0 Å². The van der Waals surface area contributed by atoms with Gasteiger partial charge in [0.05, 0.1) is 20.6 Å². The van der Waals surface area contributed by atoms with Gasteiger partial charge in [0.2, 0.25) is 5.91 Å². The first-order valence-corrected chi connectivity index (χ1v) is 10.2. The van der Waals surface area contributed by atoms with E-state index in [0.29, 0.717) is 30.9 Å². The van der Waals surface area contributed by atoms with Gasteiger partial charge in [-0.05, 0) is 47.4 Å². The summed E-state index contributed by atoms with van der Waals surface area (Å²) in [4.78, 5) is 18.6. The van der Waals surface area contributed by atoms with E-state index in [2.05, 4.69) is 20.5 Å². The SMILES string of the molecule is CN=C(NCCNC(=O)Cc1cccc(F)c1)N1CCc2cc(OC)c(OC)cc2C1. The number of hydrogen-bond acceptors (Lipinski definition) is 4. The minimum atomic E-state index is -0.338. The molecule has 0 aromatic heterocycles. The number of nitrogens with one attached hydrogen (secondary N) is 2. The molecule has 0 aliphatic carbocycles. The Kier molecular flexibility index (Phi) is 7.70. The minimum Gasteiger partial charge on any atom is -0.493 e. The molecule has 0 atom stereocenters. The fourth-order valence-corrected chi connectivity index (χ4v) is 3.67. The molecule has 0 spiro atoms. The van der Waals surface area contributed by atoms with Crippen LogP contribution in [-0.4, -0.2) is 57.7 Å². The molecule has 2 aromatic rings. The van der Waals surface area contributed by atoms with E-state index < -0.39 is 0 Å². The van der Waals surface area contributed by atoms with Crippen molar-refractivity contribution in [3.8, 4) is 11.5 Å². The molecule has 31 heavy (non-hydrogen) atoms. The summed E-state index contributed by atoms with van der Waals surface area (Å²) in [6.07, 6.45) is 1.03. The quantitative estimate of drug-likeness (QED) is 0.402. The van der Waals surface area contributed by atoms with Crippen LogP contribution in [0.1, 0.15) is 16.7 Å². The van der Waals surface area contributed by atoms with Gasteiger partial charge in [-0.1, -0.05) is 12.1 Å². The van der Waals surface area contributed by atoms with E-state index in [1.807, 2.05) is 12.1 Å². The molecule has 0 fully saturated rings. The monoisotopic (exact) mass is 428 g/mol. The number of halogens is 1. The molecule has 2 N–H and O–H groups in total. The molecule has 7 nitrogen and oxygen atoms in total. The molecule has 2 aromatic carbocycles. The first kappa shape index (κ1) is 22.4. The summed E-state index contributed by atoms with van der Waals surface area (Å²) in [5.74, 6) is 1.75. The second kappa shape index (κ2) is 10.7. The fourth-order valence-electron chi connectivity index (χ4n) is 3.67. The number of guanidine groups is 1. The van der Waals surface area contributed by atoms with Crippen LogP contribution in [0.5, 0.6) is 11.5 Å². The lowest BCUT2D eigenvalue weighted by Gasteiger charge is -2.32. The highest BCUT2D eigenvalue weighted by atomic mass is 19.1. The van der Waals surface area contributed by atoms with Crippen molar-refractivity contribution in [2.24, 2.45) is 4.99 Å². The van der Waals surface area contributed by atoms with E-state index in [1.54, 1.807) is 33.4 Å². The minimum absolute atomic E-state index is 0.143. The third kappa shape index (κ3) is 5.87. The van der Waals surface area contributed by atoms with Gasteiger partial charge in [0, 0.05) is 33.2 Å². The van der Waals surface area contributed by atoms with Crippen LogP contribution in [0, 0.1) is 5.82 Å². The number of carbonyl (C=O) groups is 1. The van der Waals surface area contributed by atoms with Crippen molar-refractivity contribution in [1.82, 2.24) is 15.5 Å². The van der Waals surface area contributed by atoms with E-state index in [-0.39, 0.29) is 18.1 Å². The second-order valence-electron chi connectivity index (χ2n) is 7.28. The molecule has 166 valence electrons. The van der Waals surface area contributed by atoms with Crippen molar-refractivity contribution in [3.63, 3.8) is 0 Å². The molecular formula is C23H29FN4O3. The zero-order valence-electron chi connectivity index (χ0n) is 18.2. The lowest BCUT2D eigenvalue weighted by atomic mass is 9.99. The van der Waals surface area contributed by atoms with Crippen molar-refractivity contribution in [2.45, 2.75) is 19.4 Å². The second-order valence-corrected chi connectivity index (χ2v) is 7.28. The molecule has 8 heteroatoms. The Hall–Kier alpha value is -3.29. The van der Waals surface area contributed by atoms with E-state index in [4.69, 9.17) is 9.47 Å². The predicted octanol–water partition coefficient (Wildman–Crippen LogP) is 2.14. The van der Waals surface area contributed by atoms with Crippen LogP contribution in [0.15, 0.2) is 41.4 Å². The third-order valence-electron chi connectivity index (χ3n) is 5.21. The van der Waals surface area contributed by atoms with Crippen molar-refractivity contribution in [1.29, 1.82) is 0 Å². The van der Waals surface area contributed by atoms with Crippen LogP contribution in [0.2, 0.25) is 0 Å². The van der Waals surface area contributed by atoms with Gasteiger partial charge in [-0.3, -0.25) is 9.79 Å². The maximum atomic E-state index is 13.2. The van der Waals surface area contributed by atoms with Gasteiger partial charge in [-0.2, -0.15) is 0 Å². The summed E-state index contributed by atoms with van der Waals surface area (Å²) in [6, 6.07) is 10.1. The highest BCUT2D eigenvalue weighted by Crippen LogP contribution is 2.33. The molecule has 1 heterocycles. The smallest absolute Gasteiger partial charge is 0.224 e. The summed E-state index contributed by atoms with van der Waals surface area (Å²) in [6.45, 7) is 2.52. The van der Waals surface area contributed by atoms with Gasteiger partial charge in [0.15, 0.2) is 17.5 Å². The molecule has 0 radical (unpaired) electrons.